The number of ether oxygens (including phenoxy) is 1. The molecule has 2 rings (SSSR count). The van der Waals surface area contributed by atoms with E-state index in [0.29, 0.717) is 0 Å². The number of halogens is 3. The lowest BCUT2D eigenvalue weighted by atomic mass is 9.94. The SMILES string of the molecule is N#C[C@@H](C(=O)NC1CCCCC1)C(=O)c1cccc(OCC(F)(F)F)n1. The Kier molecular flexibility index (Phi) is 6.55. The molecule has 0 aromatic carbocycles. The summed E-state index contributed by atoms with van der Waals surface area (Å²) in [4.78, 5) is 28.3. The fraction of sp³-hybridized carbons (Fsp3) is 0.529. The highest BCUT2D eigenvalue weighted by atomic mass is 19.4. The molecule has 9 heteroatoms. The summed E-state index contributed by atoms with van der Waals surface area (Å²) in [5, 5.41) is 11.9. The number of pyridine rings is 1. The fourth-order valence-electron chi connectivity index (χ4n) is 2.70. The third-order valence-electron chi connectivity index (χ3n) is 3.96. The molecule has 1 aromatic heterocycles. The molecule has 1 fully saturated rings. The summed E-state index contributed by atoms with van der Waals surface area (Å²) in [6.45, 7) is -1.55. The minimum Gasteiger partial charge on any atom is -0.468 e. The van der Waals surface area contributed by atoms with Crippen molar-refractivity contribution in [2.45, 2.75) is 44.3 Å². The predicted octanol–water partition coefficient (Wildman–Crippen LogP) is 2.79. The average molecular weight is 369 g/mol. The Morgan fingerprint density at radius 3 is 2.62 bits per heavy atom. The van der Waals surface area contributed by atoms with E-state index in [1.807, 2.05) is 0 Å². The molecule has 1 N–H and O–H groups in total. The molecule has 1 heterocycles. The van der Waals surface area contributed by atoms with E-state index >= 15 is 0 Å². The van der Waals surface area contributed by atoms with Crippen LogP contribution in [0.2, 0.25) is 0 Å². The molecule has 1 saturated carbocycles. The van der Waals surface area contributed by atoms with Crippen LogP contribution in [0.25, 0.3) is 0 Å². The number of carbonyl (C=O) groups excluding carboxylic acids is 2. The maximum atomic E-state index is 12.4. The number of hydrogen-bond donors (Lipinski definition) is 1. The number of amides is 1. The lowest BCUT2D eigenvalue weighted by Crippen LogP contribution is -2.42. The van der Waals surface area contributed by atoms with Crippen LogP contribution in [0.5, 0.6) is 5.88 Å². The average Bonchev–Trinajstić information content (AvgIpc) is 2.61. The van der Waals surface area contributed by atoms with E-state index in [1.165, 1.54) is 12.1 Å². The van der Waals surface area contributed by atoms with E-state index in [4.69, 9.17) is 0 Å². The first-order valence-electron chi connectivity index (χ1n) is 8.21. The largest absolute Gasteiger partial charge is 0.468 e. The highest BCUT2D eigenvalue weighted by molar-refractivity contribution is 6.11. The van der Waals surface area contributed by atoms with Crippen LogP contribution in [-0.2, 0) is 4.79 Å². The number of Topliss-reactive ketones (excluding diaryl/α,β-unsaturated/α-hetero) is 1. The number of ketones is 1. The zero-order valence-electron chi connectivity index (χ0n) is 13.9. The molecular weight excluding hydrogens is 351 g/mol. The first-order chi connectivity index (χ1) is 12.3. The number of carbonyl (C=O) groups is 2. The van der Waals surface area contributed by atoms with Crippen LogP contribution in [0.15, 0.2) is 18.2 Å². The van der Waals surface area contributed by atoms with Crippen LogP contribution in [0.4, 0.5) is 13.2 Å². The van der Waals surface area contributed by atoms with Crippen LogP contribution >= 0.6 is 0 Å². The molecule has 6 nitrogen and oxygen atoms in total. The lowest BCUT2D eigenvalue weighted by Gasteiger charge is -2.23. The highest BCUT2D eigenvalue weighted by Crippen LogP contribution is 2.20. The molecule has 1 aromatic rings. The number of nitriles is 1. The van der Waals surface area contributed by atoms with Crippen molar-refractivity contribution in [3.8, 4) is 11.9 Å². The molecule has 140 valence electrons. The number of nitrogens with one attached hydrogen (secondary N) is 1. The molecule has 0 unspecified atom stereocenters. The van der Waals surface area contributed by atoms with Gasteiger partial charge in [-0.25, -0.2) is 4.98 Å². The molecular formula is C17H18F3N3O3. The summed E-state index contributed by atoms with van der Waals surface area (Å²) in [5.74, 6) is -3.61. The van der Waals surface area contributed by atoms with Crippen molar-refractivity contribution in [1.29, 1.82) is 5.26 Å². The minimum absolute atomic E-state index is 0.0747. The molecule has 0 bridgehead atoms. The number of alkyl halides is 3. The van der Waals surface area contributed by atoms with E-state index in [2.05, 4.69) is 15.0 Å². The third kappa shape index (κ3) is 5.72. The van der Waals surface area contributed by atoms with Crippen molar-refractivity contribution in [3.05, 3.63) is 23.9 Å². The summed E-state index contributed by atoms with van der Waals surface area (Å²) >= 11 is 0. The van der Waals surface area contributed by atoms with E-state index in [-0.39, 0.29) is 11.7 Å². The van der Waals surface area contributed by atoms with Crippen LogP contribution in [0, 0.1) is 17.2 Å². The zero-order chi connectivity index (χ0) is 19.2. The quantitative estimate of drug-likeness (QED) is 0.615. The minimum atomic E-state index is -4.54. The van der Waals surface area contributed by atoms with Crippen molar-refractivity contribution < 1.29 is 27.5 Å². The van der Waals surface area contributed by atoms with E-state index in [0.717, 1.165) is 38.2 Å². The van der Waals surface area contributed by atoms with Gasteiger partial charge in [0.25, 0.3) is 0 Å². The van der Waals surface area contributed by atoms with Gasteiger partial charge < -0.3 is 10.1 Å². The van der Waals surface area contributed by atoms with Crippen molar-refractivity contribution in [3.63, 3.8) is 0 Å². The number of rotatable bonds is 6. The Balaban J connectivity index is 2.05. The fourth-order valence-corrected chi connectivity index (χ4v) is 2.70. The maximum absolute atomic E-state index is 12.4. The van der Waals surface area contributed by atoms with Gasteiger partial charge in [0.05, 0.1) is 6.07 Å². The molecule has 1 amide bonds. The Morgan fingerprint density at radius 2 is 2.00 bits per heavy atom. The Hall–Kier alpha value is -2.63. The van der Waals surface area contributed by atoms with Gasteiger partial charge in [-0.1, -0.05) is 25.3 Å². The standard InChI is InChI=1S/C17H18F3N3O3/c18-17(19,20)10-26-14-8-4-7-13(23-14)15(24)12(9-21)16(25)22-11-5-2-1-3-6-11/h4,7-8,11-12H,1-3,5-6,10H2,(H,22,25)/t12-/m1/s1. The normalized spacial score (nSPS) is 16.4. The zero-order valence-corrected chi connectivity index (χ0v) is 13.9. The second-order valence-electron chi connectivity index (χ2n) is 6.03. The summed E-state index contributed by atoms with van der Waals surface area (Å²) in [6.07, 6.45) is 0.0547. The van der Waals surface area contributed by atoms with Gasteiger partial charge in [-0.3, -0.25) is 9.59 Å². The smallest absolute Gasteiger partial charge is 0.422 e. The van der Waals surface area contributed by atoms with Gasteiger partial charge in [-0.2, -0.15) is 18.4 Å². The number of nitrogens with zero attached hydrogens (tertiary/aromatic N) is 2. The van der Waals surface area contributed by atoms with Gasteiger partial charge in [0.15, 0.2) is 12.5 Å². The predicted molar refractivity (Wildman–Crippen MR) is 84.2 cm³/mol. The van der Waals surface area contributed by atoms with Gasteiger partial charge in [0.1, 0.15) is 5.69 Å². The van der Waals surface area contributed by atoms with E-state index in [9.17, 15) is 28.0 Å². The van der Waals surface area contributed by atoms with Crippen LogP contribution in [0.1, 0.15) is 42.6 Å². The summed E-state index contributed by atoms with van der Waals surface area (Å²) < 4.78 is 41.1. The molecule has 0 spiro atoms. The Morgan fingerprint density at radius 1 is 1.31 bits per heavy atom. The van der Waals surface area contributed by atoms with Gasteiger partial charge in [0.2, 0.25) is 17.6 Å². The highest BCUT2D eigenvalue weighted by Gasteiger charge is 2.31. The van der Waals surface area contributed by atoms with E-state index in [1.54, 1.807) is 6.07 Å². The molecule has 26 heavy (non-hydrogen) atoms. The monoisotopic (exact) mass is 369 g/mol. The number of aromatic nitrogens is 1. The van der Waals surface area contributed by atoms with Gasteiger partial charge in [-0.05, 0) is 18.9 Å². The second-order valence-corrected chi connectivity index (χ2v) is 6.03. The molecule has 0 saturated heterocycles. The lowest BCUT2D eigenvalue weighted by molar-refractivity contribution is -0.154. The third-order valence-corrected chi connectivity index (χ3v) is 3.96. The molecule has 0 aliphatic heterocycles. The summed E-state index contributed by atoms with van der Waals surface area (Å²) in [6, 6.07) is 5.23. The molecule has 0 radical (unpaired) electrons. The van der Waals surface area contributed by atoms with Gasteiger partial charge in [0, 0.05) is 12.1 Å². The summed E-state index contributed by atoms with van der Waals surface area (Å²) in [7, 11) is 0. The Labute approximate surface area is 148 Å². The van der Waals surface area contributed by atoms with Crippen molar-refractivity contribution >= 4 is 11.7 Å². The first kappa shape index (κ1) is 19.7. The van der Waals surface area contributed by atoms with Crippen LogP contribution < -0.4 is 10.1 Å². The molecule has 1 aliphatic rings. The van der Waals surface area contributed by atoms with Crippen molar-refractivity contribution in [2.24, 2.45) is 5.92 Å². The van der Waals surface area contributed by atoms with Gasteiger partial charge >= 0.3 is 6.18 Å². The van der Waals surface area contributed by atoms with Gasteiger partial charge in [-0.15, -0.1) is 0 Å². The van der Waals surface area contributed by atoms with Crippen LogP contribution in [-0.4, -0.2) is 35.5 Å². The summed E-state index contributed by atoms with van der Waals surface area (Å²) in [5.41, 5.74) is -0.296. The topological polar surface area (TPSA) is 92.1 Å². The van der Waals surface area contributed by atoms with Crippen molar-refractivity contribution in [1.82, 2.24) is 10.3 Å². The van der Waals surface area contributed by atoms with Crippen molar-refractivity contribution in [2.75, 3.05) is 6.61 Å². The van der Waals surface area contributed by atoms with Crippen LogP contribution in [0.3, 0.4) is 0 Å². The number of hydrogen-bond acceptors (Lipinski definition) is 5. The second kappa shape index (κ2) is 8.65. The van der Waals surface area contributed by atoms with E-state index < -0.39 is 36.3 Å². The Bertz CT molecular complexity index is 694. The first-order valence-corrected chi connectivity index (χ1v) is 8.21. The molecule has 1 atom stereocenters. The molecule has 1 aliphatic carbocycles. The maximum Gasteiger partial charge on any atom is 0.422 e.